The fourth-order valence-corrected chi connectivity index (χ4v) is 4.85. The van der Waals surface area contributed by atoms with Crippen LogP contribution in [0.1, 0.15) is 27.0 Å². The van der Waals surface area contributed by atoms with Crippen molar-refractivity contribution in [2.45, 2.75) is 23.5 Å². The number of halogens is 6. The fourth-order valence-electron chi connectivity index (χ4n) is 1.93. The lowest BCUT2D eigenvalue weighted by Gasteiger charge is -2.16. The molecule has 1 heterocycles. The van der Waals surface area contributed by atoms with Crippen LogP contribution in [0.3, 0.4) is 0 Å². The van der Waals surface area contributed by atoms with Gasteiger partial charge in [-0.3, -0.25) is 9.52 Å². The summed E-state index contributed by atoms with van der Waals surface area (Å²) < 4.78 is 91.5. The lowest BCUT2D eigenvalue weighted by atomic mass is 10.0. The van der Waals surface area contributed by atoms with Crippen LogP contribution in [0.15, 0.2) is 33.9 Å². The van der Waals surface area contributed by atoms with Crippen LogP contribution >= 0.6 is 11.3 Å². The van der Waals surface area contributed by atoms with Crippen LogP contribution in [0, 0.1) is 6.92 Å². The average molecular weight is 433 g/mol. The van der Waals surface area contributed by atoms with Crippen molar-refractivity contribution in [3.05, 3.63) is 51.9 Å². The van der Waals surface area contributed by atoms with Crippen LogP contribution in [0.25, 0.3) is 0 Å². The van der Waals surface area contributed by atoms with Gasteiger partial charge in [0.1, 0.15) is 4.21 Å². The van der Waals surface area contributed by atoms with E-state index < -0.39 is 43.6 Å². The van der Waals surface area contributed by atoms with Gasteiger partial charge in [0.05, 0.1) is 16.7 Å². The highest BCUT2D eigenvalue weighted by Crippen LogP contribution is 2.37. The van der Waals surface area contributed by atoms with E-state index in [1.165, 1.54) is 6.07 Å². The second-order valence-corrected chi connectivity index (χ2v) is 9.36. The van der Waals surface area contributed by atoms with Gasteiger partial charge in [0.25, 0.3) is 5.91 Å². The van der Waals surface area contributed by atoms with Crippen LogP contribution in [-0.4, -0.2) is 10.1 Å². The third kappa shape index (κ3) is 4.54. The Bertz CT molecular complexity index is 944. The Kier molecular flexibility index (Phi) is 5.41. The Morgan fingerprint density at radius 2 is 1.73 bits per heavy atom. The molecule has 0 spiro atoms. The lowest BCUT2D eigenvalue weighted by Crippen LogP contribution is -2.31. The first-order chi connectivity index (χ1) is 11.7. The highest BCUT2D eigenvalue weighted by atomic mass is 32.8. The quantitative estimate of drug-likeness (QED) is 0.723. The van der Waals surface area contributed by atoms with Gasteiger partial charge in [-0.2, -0.15) is 26.3 Å². The molecule has 0 radical (unpaired) electrons. The zero-order chi connectivity index (χ0) is 19.9. The van der Waals surface area contributed by atoms with E-state index in [1.54, 1.807) is 17.0 Å². The molecule has 0 aliphatic rings. The Hall–Kier alpha value is -1.66. The normalized spacial score (nSPS) is 14.7. The lowest BCUT2D eigenvalue weighted by molar-refractivity contribution is -0.143. The van der Waals surface area contributed by atoms with Gasteiger partial charge in [0, 0.05) is 11.2 Å². The molecule has 2 rings (SSSR count). The van der Waals surface area contributed by atoms with Gasteiger partial charge < -0.3 is 0 Å². The molecule has 1 atom stereocenters. The number of alkyl halides is 6. The number of benzene rings is 1. The molecule has 0 saturated carbocycles. The molecule has 142 valence electrons. The molecular weight excluding hydrogens is 424 g/mol. The van der Waals surface area contributed by atoms with E-state index in [-0.39, 0.29) is 10.3 Å². The largest absolute Gasteiger partial charge is 0.417 e. The summed E-state index contributed by atoms with van der Waals surface area (Å²) in [7, 11) is -3.62. The van der Waals surface area contributed by atoms with Crippen LogP contribution < -0.4 is 4.72 Å². The zero-order valence-corrected chi connectivity index (χ0v) is 15.1. The molecule has 1 amide bonds. The van der Waals surface area contributed by atoms with Crippen LogP contribution in [0.2, 0.25) is 0 Å². The Balaban J connectivity index is 2.46. The van der Waals surface area contributed by atoms with Crippen molar-refractivity contribution in [2.75, 3.05) is 0 Å². The second kappa shape index (κ2) is 6.82. The minimum absolute atomic E-state index is 0.0545. The predicted molar refractivity (Wildman–Crippen MR) is 86.7 cm³/mol. The van der Waals surface area contributed by atoms with Crippen LogP contribution in [0.4, 0.5) is 26.3 Å². The first-order valence-electron chi connectivity index (χ1n) is 6.62. The van der Waals surface area contributed by atoms with Gasteiger partial charge in [-0.25, -0.2) is 4.21 Å². The topological polar surface area (TPSA) is 46.2 Å². The number of carbonyl (C=O) groups is 1. The number of amides is 1. The molecule has 1 N–H and O–H groups in total. The minimum atomic E-state index is -5.23. The third-order valence-corrected chi connectivity index (χ3v) is 7.13. The zero-order valence-electron chi connectivity index (χ0n) is 12.7. The van der Waals surface area contributed by atoms with Crippen molar-refractivity contribution in [1.29, 1.82) is 0 Å². The number of hydrogen-bond acceptors (Lipinski definition) is 4. The monoisotopic (exact) mass is 433 g/mol. The summed E-state index contributed by atoms with van der Waals surface area (Å²) in [6, 6.07) is 1.95. The summed E-state index contributed by atoms with van der Waals surface area (Å²) in [6.07, 6.45) is -10.2. The van der Waals surface area contributed by atoms with Gasteiger partial charge >= 0.3 is 12.4 Å². The number of nitrogens with one attached hydrogen (secondary N) is 1. The molecule has 1 unspecified atom stereocenters. The SMILES string of the molecule is Cc1csc(S(=O)(=S)NC(=O)c2ccc(C(F)(F)F)cc2C(F)(F)F)c1. The van der Waals surface area contributed by atoms with E-state index in [4.69, 9.17) is 11.2 Å². The van der Waals surface area contributed by atoms with E-state index in [2.05, 4.69) is 0 Å². The van der Waals surface area contributed by atoms with Gasteiger partial charge in [-0.05, 0) is 42.1 Å². The van der Waals surface area contributed by atoms with Crippen molar-refractivity contribution < 1.29 is 35.3 Å². The van der Waals surface area contributed by atoms with Gasteiger partial charge in [0.15, 0.2) is 8.68 Å². The molecule has 1 aromatic carbocycles. The molecule has 0 aliphatic carbocycles. The van der Waals surface area contributed by atoms with Crippen molar-refractivity contribution in [2.24, 2.45) is 0 Å². The van der Waals surface area contributed by atoms with Crippen molar-refractivity contribution in [1.82, 2.24) is 4.72 Å². The number of hydrogen-bond donors (Lipinski definition) is 1. The first-order valence-corrected chi connectivity index (χ1v) is 9.99. The minimum Gasteiger partial charge on any atom is -0.268 e. The molecular formula is C14H9F6NO2S3. The summed E-state index contributed by atoms with van der Waals surface area (Å²) in [5.41, 5.74) is -3.77. The third-order valence-electron chi connectivity index (χ3n) is 3.10. The van der Waals surface area contributed by atoms with E-state index in [1.807, 2.05) is 0 Å². The Morgan fingerprint density at radius 3 is 2.19 bits per heavy atom. The van der Waals surface area contributed by atoms with Gasteiger partial charge in [-0.1, -0.05) is 0 Å². The van der Waals surface area contributed by atoms with Crippen LogP contribution in [0.5, 0.6) is 0 Å². The highest BCUT2D eigenvalue weighted by Gasteiger charge is 2.39. The fraction of sp³-hybridized carbons (Fsp3) is 0.214. The summed E-state index contributed by atoms with van der Waals surface area (Å²) in [4.78, 5) is 12.1. The summed E-state index contributed by atoms with van der Waals surface area (Å²) in [6.45, 7) is 1.66. The number of rotatable bonds is 3. The maximum absolute atomic E-state index is 13.1. The molecule has 12 heteroatoms. The van der Waals surface area contributed by atoms with Crippen LogP contribution in [-0.2, 0) is 32.2 Å². The Labute approximate surface area is 152 Å². The predicted octanol–water partition coefficient (Wildman–Crippen LogP) is 4.54. The smallest absolute Gasteiger partial charge is 0.268 e. The standard InChI is InChI=1S/C14H9F6NO2S3/c1-7-4-11(25-6-7)26(23,24)21-12(22)9-3-2-8(13(15,16)17)5-10(9)14(18,19)20/h2-6H,1H3,(H,21,22). The van der Waals surface area contributed by atoms with E-state index in [0.29, 0.717) is 17.7 Å². The van der Waals surface area contributed by atoms with Crippen molar-refractivity contribution >= 4 is 37.1 Å². The number of aryl methyl sites for hydroxylation is 1. The molecule has 0 aliphatic heterocycles. The van der Waals surface area contributed by atoms with Gasteiger partial charge in [0.2, 0.25) is 0 Å². The number of carbonyl (C=O) groups excluding carboxylic acids is 1. The van der Waals surface area contributed by atoms with E-state index in [9.17, 15) is 35.3 Å². The summed E-state index contributed by atoms with van der Waals surface area (Å²) in [5, 5.41) is 1.58. The maximum atomic E-state index is 13.1. The Morgan fingerprint density at radius 1 is 1.12 bits per heavy atom. The molecule has 0 bridgehead atoms. The molecule has 0 fully saturated rings. The van der Waals surface area contributed by atoms with Crippen molar-refractivity contribution in [3.8, 4) is 0 Å². The summed E-state index contributed by atoms with van der Waals surface area (Å²) >= 11 is 5.71. The molecule has 1 aromatic heterocycles. The molecule has 2 aromatic rings. The van der Waals surface area contributed by atoms with Gasteiger partial charge in [-0.15, -0.1) is 11.3 Å². The molecule has 0 saturated heterocycles. The highest BCUT2D eigenvalue weighted by molar-refractivity contribution is 8.32. The first kappa shape index (κ1) is 20.6. The summed E-state index contributed by atoms with van der Waals surface area (Å²) in [5.74, 6) is -1.47. The second-order valence-electron chi connectivity index (χ2n) is 5.13. The number of thiophene rings is 1. The van der Waals surface area contributed by atoms with E-state index >= 15 is 0 Å². The average Bonchev–Trinajstić information content (AvgIpc) is 2.92. The maximum Gasteiger partial charge on any atom is 0.417 e. The van der Waals surface area contributed by atoms with E-state index in [0.717, 1.165) is 11.3 Å². The van der Waals surface area contributed by atoms with Crippen molar-refractivity contribution in [3.63, 3.8) is 0 Å². The molecule has 3 nitrogen and oxygen atoms in total. The molecule has 26 heavy (non-hydrogen) atoms.